The number of aryl methyl sites for hydroxylation is 1. The van der Waals surface area contributed by atoms with Crippen LogP contribution in [0.2, 0.25) is 10.2 Å². The van der Waals surface area contributed by atoms with Gasteiger partial charge in [0.25, 0.3) is 0 Å². The first-order chi connectivity index (χ1) is 8.99. The maximum Gasteiger partial charge on any atom is 0.348 e. The van der Waals surface area contributed by atoms with Gasteiger partial charge in [0.15, 0.2) is 0 Å². The van der Waals surface area contributed by atoms with Gasteiger partial charge < -0.3 is 5.32 Å². The molecule has 1 aromatic heterocycles. The fraction of sp³-hybridized carbons (Fsp3) is 0.0909. The van der Waals surface area contributed by atoms with Crippen molar-refractivity contribution in [3.8, 4) is 0 Å². The van der Waals surface area contributed by atoms with Gasteiger partial charge in [-0.25, -0.2) is 9.97 Å². The van der Waals surface area contributed by atoms with E-state index in [9.17, 15) is 10.1 Å². The minimum Gasteiger partial charge on any atom is -0.334 e. The molecule has 2 aromatic rings. The number of halogens is 2. The number of benzene rings is 1. The first-order valence-electron chi connectivity index (χ1n) is 5.17. The number of rotatable bonds is 3. The van der Waals surface area contributed by atoms with Crippen molar-refractivity contribution in [2.45, 2.75) is 6.92 Å². The molecule has 0 fully saturated rings. The van der Waals surface area contributed by atoms with E-state index in [2.05, 4.69) is 15.3 Å². The van der Waals surface area contributed by atoms with Crippen LogP contribution in [0.3, 0.4) is 0 Å². The van der Waals surface area contributed by atoms with Gasteiger partial charge in [0.1, 0.15) is 6.33 Å². The summed E-state index contributed by atoms with van der Waals surface area (Å²) in [6, 6.07) is 5.18. The molecule has 2 rings (SSSR count). The zero-order valence-electron chi connectivity index (χ0n) is 9.72. The zero-order valence-corrected chi connectivity index (χ0v) is 11.2. The molecule has 0 spiro atoms. The molecular weight excluding hydrogens is 291 g/mol. The van der Waals surface area contributed by atoms with E-state index < -0.39 is 4.92 Å². The molecule has 0 atom stereocenters. The van der Waals surface area contributed by atoms with E-state index in [0.29, 0.717) is 10.7 Å². The van der Waals surface area contributed by atoms with Crippen molar-refractivity contribution >= 4 is 40.4 Å². The molecule has 1 N–H and O–H groups in total. The molecule has 0 bridgehead atoms. The van der Waals surface area contributed by atoms with E-state index in [1.807, 2.05) is 6.92 Å². The first-order valence-corrected chi connectivity index (χ1v) is 5.92. The highest BCUT2D eigenvalue weighted by molar-refractivity contribution is 6.32. The summed E-state index contributed by atoms with van der Waals surface area (Å²) in [5.74, 6) is 0.0184. The first kappa shape index (κ1) is 13.5. The van der Waals surface area contributed by atoms with Crippen molar-refractivity contribution < 1.29 is 4.92 Å². The highest BCUT2D eigenvalue weighted by Crippen LogP contribution is 2.31. The van der Waals surface area contributed by atoms with E-state index in [-0.39, 0.29) is 16.7 Å². The van der Waals surface area contributed by atoms with Gasteiger partial charge in [-0.05, 0) is 24.6 Å². The lowest BCUT2D eigenvalue weighted by Gasteiger charge is -2.07. The second-order valence-electron chi connectivity index (χ2n) is 3.71. The third-order valence-electron chi connectivity index (χ3n) is 2.39. The molecular formula is C11H8Cl2N4O2. The van der Waals surface area contributed by atoms with Crippen LogP contribution in [0.4, 0.5) is 17.2 Å². The summed E-state index contributed by atoms with van der Waals surface area (Å²) in [7, 11) is 0. The van der Waals surface area contributed by atoms with Gasteiger partial charge in [-0.15, -0.1) is 0 Å². The predicted octanol–water partition coefficient (Wildman–Crippen LogP) is 3.74. The maximum atomic E-state index is 10.9. The standard InChI is InChI=1S/C11H8Cl2N4O2/c1-6-2-3-7(4-8(6)12)16-11-9(17(18)19)10(13)14-5-15-11/h2-5H,1H3,(H,14,15,16). The van der Waals surface area contributed by atoms with Crippen LogP contribution in [-0.2, 0) is 0 Å². The molecule has 0 saturated heterocycles. The summed E-state index contributed by atoms with van der Waals surface area (Å²) in [6.07, 6.45) is 1.15. The summed E-state index contributed by atoms with van der Waals surface area (Å²) >= 11 is 11.7. The Morgan fingerprint density at radius 2 is 2.05 bits per heavy atom. The molecule has 98 valence electrons. The van der Waals surface area contributed by atoms with Crippen molar-refractivity contribution in [1.29, 1.82) is 0 Å². The Labute approximate surface area is 118 Å². The van der Waals surface area contributed by atoms with Crippen LogP contribution in [0.1, 0.15) is 5.56 Å². The van der Waals surface area contributed by atoms with E-state index in [1.54, 1.807) is 18.2 Å². The van der Waals surface area contributed by atoms with Gasteiger partial charge in [-0.2, -0.15) is 0 Å². The second kappa shape index (κ2) is 5.38. The van der Waals surface area contributed by atoms with Crippen LogP contribution in [-0.4, -0.2) is 14.9 Å². The number of hydrogen-bond donors (Lipinski definition) is 1. The number of nitro groups is 1. The fourth-order valence-electron chi connectivity index (χ4n) is 1.42. The van der Waals surface area contributed by atoms with Crippen molar-refractivity contribution in [3.63, 3.8) is 0 Å². The summed E-state index contributed by atoms with van der Waals surface area (Å²) in [4.78, 5) is 17.7. The Morgan fingerprint density at radius 1 is 1.32 bits per heavy atom. The number of aromatic nitrogens is 2. The van der Waals surface area contributed by atoms with Crippen molar-refractivity contribution in [2.24, 2.45) is 0 Å². The fourth-order valence-corrected chi connectivity index (χ4v) is 1.80. The molecule has 0 aliphatic carbocycles. The molecule has 0 radical (unpaired) electrons. The molecule has 0 aliphatic rings. The summed E-state index contributed by atoms with van der Waals surface area (Å²) in [5.41, 5.74) is 1.11. The van der Waals surface area contributed by atoms with E-state index in [4.69, 9.17) is 23.2 Å². The van der Waals surface area contributed by atoms with Gasteiger partial charge in [-0.3, -0.25) is 10.1 Å². The highest BCUT2D eigenvalue weighted by Gasteiger charge is 2.21. The van der Waals surface area contributed by atoms with Crippen LogP contribution in [0.25, 0.3) is 0 Å². The molecule has 0 amide bonds. The lowest BCUT2D eigenvalue weighted by molar-refractivity contribution is -0.384. The van der Waals surface area contributed by atoms with Crippen molar-refractivity contribution in [3.05, 3.63) is 50.4 Å². The summed E-state index contributed by atoms with van der Waals surface area (Å²) in [5, 5.41) is 14.1. The van der Waals surface area contributed by atoms with Crippen LogP contribution in [0.5, 0.6) is 0 Å². The number of anilines is 2. The molecule has 0 aliphatic heterocycles. The average molecular weight is 299 g/mol. The number of hydrogen-bond acceptors (Lipinski definition) is 5. The van der Waals surface area contributed by atoms with Crippen LogP contribution >= 0.6 is 23.2 Å². The predicted molar refractivity (Wildman–Crippen MR) is 73.2 cm³/mol. The summed E-state index contributed by atoms with van der Waals surface area (Å²) in [6.45, 7) is 1.86. The van der Waals surface area contributed by atoms with E-state index in [1.165, 1.54) is 0 Å². The zero-order chi connectivity index (χ0) is 14.0. The van der Waals surface area contributed by atoms with Crippen LogP contribution in [0, 0.1) is 17.0 Å². The monoisotopic (exact) mass is 298 g/mol. The van der Waals surface area contributed by atoms with Gasteiger partial charge in [0.2, 0.25) is 11.0 Å². The van der Waals surface area contributed by atoms with Crippen molar-refractivity contribution in [1.82, 2.24) is 9.97 Å². The van der Waals surface area contributed by atoms with Gasteiger partial charge in [0.05, 0.1) is 4.92 Å². The number of nitrogens with one attached hydrogen (secondary N) is 1. The SMILES string of the molecule is Cc1ccc(Nc2ncnc(Cl)c2[N+](=O)[O-])cc1Cl. The quantitative estimate of drug-likeness (QED) is 0.530. The lowest BCUT2D eigenvalue weighted by Crippen LogP contribution is -2.01. The Morgan fingerprint density at radius 3 is 2.68 bits per heavy atom. The van der Waals surface area contributed by atoms with Gasteiger partial charge in [0, 0.05) is 10.7 Å². The topological polar surface area (TPSA) is 81.0 Å². The minimum absolute atomic E-state index is 0.0184. The normalized spacial score (nSPS) is 10.3. The van der Waals surface area contributed by atoms with Gasteiger partial charge in [-0.1, -0.05) is 29.3 Å². The highest BCUT2D eigenvalue weighted by atomic mass is 35.5. The molecule has 19 heavy (non-hydrogen) atoms. The second-order valence-corrected chi connectivity index (χ2v) is 4.47. The summed E-state index contributed by atoms with van der Waals surface area (Å²) < 4.78 is 0. The molecule has 0 saturated carbocycles. The molecule has 1 heterocycles. The van der Waals surface area contributed by atoms with Gasteiger partial charge >= 0.3 is 5.69 Å². The van der Waals surface area contributed by atoms with Crippen LogP contribution < -0.4 is 5.32 Å². The third-order valence-corrected chi connectivity index (χ3v) is 3.08. The lowest BCUT2D eigenvalue weighted by atomic mass is 10.2. The van der Waals surface area contributed by atoms with Crippen LogP contribution in [0.15, 0.2) is 24.5 Å². The number of nitrogens with zero attached hydrogens (tertiary/aromatic N) is 3. The van der Waals surface area contributed by atoms with Crippen molar-refractivity contribution in [2.75, 3.05) is 5.32 Å². The Bertz CT molecular complexity index is 649. The Balaban J connectivity index is 2.40. The largest absolute Gasteiger partial charge is 0.348 e. The maximum absolute atomic E-state index is 10.9. The third kappa shape index (κ3) is 2.91. The van der Waals surface area contributed by atoms with E-state index >= 15 is 0 Å². The molecule has 8 heteroatoms. The Kier molecular flexibility index (Phi) is 3.82. The molecule has 0 unspecified atom stereocenters. The minimum atomic E-state index is -0.638. The molecule has 1 aromatic carbocycles. The Hall–Kier alpha value is -1.92. The smallest absolute Gasteiger partial charge is 0.334 e. The van der Waals surface area contributed by atoms with E-state index in [0.717, 1.165) is 11.9 Å². The average Bonchev–Trinajstić information content (AvgIpc) is 2.33. The molecule has 6 nitrogen and oxygen atoms in total.